The minimum atomic E-state index is 0. The van der Waals surface area contributed by atoms with Gasteiger partial charge in [-0.25, -0.2) is 5.57 Å². The molecule has 3 aromatic carbocycles. The van der Waals surface area contributed by atoms with Gasteiger partial charge in [-0.3, -0.25) is 6.08 Å². The van der Waals surface area contributed by atoms with Crippen LogP contribution in [-0.2, 0) is 43.4 Å². The molecule has 266 valence electrons. The van der Waals surface area contributed by atoms with Gasteiger partial charge in [0.15, 0.2) is 0 Å². The Hall–Kier alpha value is -1.06. The predicted molar refractivity (Wildman–Crippen MR) is 222 cm³/mol. The molecule has 0 nitrogen and oxygen atoms in total. The van der Waals surface area contributed by atoms with Crippen molar-refractivity contribution < 1.29 is 21.7 Å². The van der Waals surface area contributed by atoms with Crippen LogP contribution < -0.4 is 5.19 Å². The maximum absolute atomic E-state index is 3.36. The van der Waals surface area contributed by atoms with Gasteiger partial charge in [-0.15, -0.1) is 44.1 Å². The summed E-state index contributed by atoms with van der Waals surface area (Å²) in [5.41, 5.74) is 10.6. The first kappa shape index (κ1) is 53.7. The second kappa shape index (κ2) is 22.7. The zero-order valence-electron chi connectivity index (χ0n) is 32.9. The maximum Gasteiger partial charge on any atom is 3.00 e. The molecule has 1 atom stereocenters. The molecule has 3 aromatic rings. The molecule has 0 heterocycles. The zero-order valence-corrected chi connectivity index (χ0v) is 38.3. The van der Waals surface area contributed by atoms with E-state index in [0.717, 1.165) is 0 Å². The number of allylic oxidation sites excluding steroid dienone is 4. The average Bonchev–Trinajstić information content (AvgIpc) is 3.13. The summed E-state index contributed by atoms with van der Waals surface area (Å²) in [6.45, 7) is 35.5. The van der Waals surface area contributed by atoms with Crippen LogP contribution in [0.2, 0.25) is 0 Å². The van der Waals surface area contributed by atoms with Crippen molar-refractivity contribution in [1.82, 2.24) is 0 Å². The molecule has 48 heavy (non-hydrogen) atoms. The van der Waals surface area contributed by atoms with E-state index >= 15 is 0 Å². The fourth-order valence-electron chi connectivity index (χ4n) is 4.32. The first-order chi connectivity index (χ1) is 19.9. The van der Waals surface area contributed by atoms with Gasteiger partial charge in [0.2, 0.25) is 0 Å². The van der Waals surface area contributed by atoms with Gasteiger partial charge in [-0.1, -0.05) is 167 Å². The molecule has 2 radical (unpaired) electrons. The van der Waals surface area contributed by atoms with E-state index in [1.54, 1.807) is 0 Å². The molecule has 0 N–H and O–H groups in total. The van der Waals surface area contributed by atoms with E-state index in [-0.39, 0.29) is 80.6 Å². The van der Waals surface area contributed by atoms with E-state index in [4.69, 9.17) is 0 Å². The SMILES string of the molecule is CC(C)(C)c1c[c-]cc(C(C)(C)C)c1.CC(C)(C)c1c[c-]cc(C(C)(C)C)c1.CC1=[C-]C(C)C(C)=C1C.Cl.Cl.Cl.[SiH2]c1ccccc1.[Ti+3]. The van der Waals surface area contributed by atoms with Crippen LogP contribution in [0.4, 0.5) is 0 Å². The van der Waals surface area contributed by atoms with Crippen molar-refractivity contribution in [2.45, 2.75) is 132 Å². The van der Waals surface area contributed by atoms with Crippen LogP contribution in [0.15, 0.2) is 83.4 Å². The van der Waals surface area contributed by atoms with E-state index < -0.39 is 0 Å². The van der Waals surface area contributed by atoms with Crippen LogP contribution in [0.3, 0.4) is 0 Å². The van der Waals surface area contributed by atoms with Gasteiger partial charge in [0.25, 0.3) is 0 Å². The molecule has 0 saturated carbocycles. The molecule has 4 rings (SSSR count). The molecule has 1 unspecified atom stereocenters. The third kappa shape index (κ3) is 19.4. The number of hydrogen-bond donors (Lipinski definition) is 0. The van der Waals surface area contributed by atoms with E-state index in [0.29, 0.717) is 5.92 Å². The summed E-state index contributed by atoms with van der Waals surface area (Å²) >= 11 is 0. The van der Waals surface area contributed by atoms with Crippen LogP contribution in [0.25, 0.3) is 0 Å². The topological polar surface area (TPSA) is 0 Å². The van der Waals surface area contributed by atoms with Crippen LogP contribution in [0.1, 0.15) is 133 Å². The molecular weight excluding hydrogens is 699 g/mol. The van der Waals surface area contributed by atoms with Crippen LogP contribution in [-0.4, -0.2) is 10.2 Å². The zero-order chi connectivity index (χ0) is 34.1. The van der Waals surface area contributed by atoms with Gasteiger partial charge in [0, 0.05) is 10.2 Å². The van der Waals surface area contributed by atoms with Gasteiger partial charge in [0.05, 0.1) is 0 Å². The molecule has 1 aliphatic carbocycles. The number of benzene rings is 3. The Morgan fingerprint density at radius 2 is 0.833 bits per heavy atom. The van der Waals surface area contributed by atoms with Gasteiger partial charge < -0.3 is 0 Å². The van der Waals surface area contributed by atoms with Gasteiger partial charge >= 0.3 is 21.7 Å². The molecular formula is C43H65Cl3SiTi. The Morgan fingerprint density at radius 3 is 0.979 bits per heavy atom. The number of halogens is 3. The predicted octanol–water partition coefficient (Wildman–Crippen LogP) is 12.1. The van der Waals surface area contributed by atoms with Crippen molar-refractivity contribution in [2.75, 3.05) is 0 Å². The second-order valence-corrected chi connectivity index (χ2v) is 17.1. The smallest absolute Gasteiger partial charge is 0.266 e. The third-order valence-corrected chi connectivity index (χ3v) is 8.59. The molecule has 0 aromatic heterocycles. The monoisotopic (exact) mass is 762 g/mol. The fraction of sp³-hybridized carbons (Fsp3) is 0.488. The molecule has 0 saturated heterocycles. The molecule has 5 heteroatoms. The Morgan fingerprint density at radius 1 is 0.542 bits per heavy atom. The fourth-order valence-corrected chi connectivity index (χ4v) is 4.59. The number of hydrogen-bond acceptors (Lipinski definition) is 0. The molecule has 0 spiro atoms. The van der Waals surface area contributed by atoms with Crippen molar-refractivity contribution in [1.29, 1.82) is 0 Å². The van der Waals surface area contributed by atoms with E-state index in [1.807, 2.05) is 28.4 Å². The minimum absolute atomic E-state index is 0. The Kier molecular flexibility index (Phi) is 25.4. The normalized spacial score (nSPS) is 13.9. The largest absolute Gasteiger partial charge is 3.00 e. The van der Waals surface area contributed by atoms with Crippen LogP contribution >= 0.6 is 37.2 Å². The summed E-state index contributed by atoms with van der Waals surface area (Å²) in [6.07, 6.45) is 3.36. The Bertz CT molecular complexity index is 1250. The first-order valence-corrected chi connectivity index (χ1v) is 16.8. The molecule has 0 aliphatic heterocycles. The van der Waals surface area contributed by atoms with Crippen molar-refractivity contribution in [3.05, 3.63) is 124 Å². The second-order valence-electron chi connectivity index (χ2n) is 16.3. The van der Waals surface area contributed by atoms with E-state index in [1.165, 1.54) is 44.2 Å². The van der Waals surface area contributed by atoms with Crippen molar-refractivity contribution in [3.8, 4) is 0 Å². The summed E-state index contributed by atoms with van der Waals surface area (Å²) in [5, 5.41) is 1.35. The van der Waals surface area contributed by atoms with Gasteiger partial charge in [0.1, 0.15) is 0 Å². The summed E-state index contributed by atoms with van der Waals surface area (Å²) in [4.78, 5) is 0. The van der Waals surface area contributed by atoms with Crippen molar-refractivity contribution in [2.24, 2.45) is 5.92 Å². The Labute approximate surface area is 334 Å². The molecule has 1 aliphatic rings. The summed E-state index contributed by atoms with van der Waals surface area (Å²) in [5.74, 6) is 0.560. The van der Waals surface area contributed by atoms with Crippen LogP contribution in [0, 0.1) is 24.1 Å². The van der Waals surface area contributed by atoms with Gasteiger partial charge in [-0.2, -0.15) is 81.9 Å². The van der Waals surface area contributed by atoms with Crippen molar-refractivity contribution in [3.63, 3.8) is 0 Å². The summed E-state index contributed by atoms with van der Waals surface area (Å²) < 4.78 is 0. The summed E-state index contributed by atoms with van der Waals surface area (Å²) in [6, 6.07) is 29.8. The van der Waals surface area contributed by atoms with E-state index in [2.05, 4.69) is 178 Å². The van der Waals surface area contributed by atoms with Gasteiger partial charge in [-0.05, 0) is 0 Å². The Balaban J connectivity index is -0.000000270. The van der Waals surface area contributed by atoms with E-state index in [9.17, 15) is 0 Å². The minimum Gasteiger partial charge on any atom is -0.266 e. The molecule has 0 bridgehead atoms. The summed E-state index contributed by atoms with van der Waals surface area (Å²) in [7, 11) is 1.90. The quantitative estimate of drug-likeness (QED) is 0.158. The maximum atomic E-state index is 3.36. The molecule has 0 amide bonds. The molecule has 0 fully saturated rings. The number of rotatable bonds is 0. The van der Waals surface area contributed by atoms with Crippen molar-refractivity contribution >= 4 is 52.7 Å². The average molecular weight is 764 g/mol. The first-order valence-electron chi connectivity index (χ1n) is 16.1. The standard InChI is InChI=1S/2C14H21.C9H13.C6H7Si.3ClH.Ti/c2*1-13(2,3)11-8-7-9-12(10-11)14(4,5)6;1-6-5-7(2)9(4)8(6)3;7-6-4-2-1-3-5-6;;;;/h2*8-10H,1-6H3;6H,1-4H3;1-5H,7H2;3*1H;/q3*-1;;;;;+3. The third-order valence-electron chi connectivity index (χ3n) is 8.12. The van der Waals surface area contributed by atoms with Crippen LogP contribution in [0.5, 0.6) is 0 Å².